The Morgan fingerprint density at radius 2 is 2.36 bits per heavy atom. The van der Waals surface area contributed by atoms with Crippen molar-refractivity contribution in [3.63, 3.8) is 0 Å². The molecule has 78 valence electrons. The highest BCUT2D eigenvalue weighted by Gasteiger charge is 2.26. The van der Waals surface area contributed by atoms with Crippen molar-refractivity contribution in [1.82, 2.24) is 10.2 Å². The average Bonchev–Trinajstić information content (AvgIpc) is 2.52. The minimum absolute atomic E-state index is 0.104. The third kappa shape index (κ3) is 2.11. The number of anilines is 1. The van der Waals surface area contributed by atoms with E-state index in [-0.39, 0.29) is 5.91 Å². The number of nitrogens with one attached hydrogen (secondary N) is 2. The quantitative estimate of drug-likeness (QED) is 0.663. The lowest BCUT2D eigenvalue weighted by Gasteiger charge is -2.20. The van der Waals surface area contributed by atoms with E-state index < -0.39 is 5.41 Å². The molecule has 1 amide bonds. The predicted octanol–water partition coefficient (Wildman–Crippen LogP) is 0.642. The van der Waals surface area contributed by atoms with E-state index in [4.69, 9.17) is 5.73 Å². The predicted molar refractivity (Wildman–Crippen MR) is 54.8 cm³/mol. The number of hydrogen-bond donors (Lipinski definition) is 3. The van der Waals surface area contributed by atoms with Gasteiger partial charge in [-0.15, -0.1) is 0 Å². The first-order chi connectivity index (χ1) is 6.47. The summed E-state index contributed by atoms with van der Waals surface area (Å²) in [4.78, 5) is 11.7. The standard InChI is InChI=1S/C9H16N4O/c1-6-4-11-13-7(6)12-8(14)9(2,3)5-10/h4H,5,10H2,1-3H3,(H2,11,12,13,14). The van der Waals surface area contributed by atoms with Gasteiger partial charge >= 0.3 is 0 Å². The third-order valence-corrected chi connectivity index (χ3v) is 2.19. The van der Waals surface area contributed by atoms with Crippen LogP contribution in [0.15, 0.2) is 6.20 Å². The van der Waals surface area contributed by atoms with E-state index in [2.05, 4.69) is 15.5 Å². The Balaban J connectivity index is 2.71. The minimum Gasteiger partial charge on any atom is -0.329 e. The number of hydrogen-bond acceptors (Lipinski definition) is 3. The molecule has 0 saturated carbocycles. The summed E-state index contributed by atoms with van der Waals surface area (Å²) in [7, 11) is 0. The van der Waals surface area contributed by atoms with Crippen molar-refractivity contribution in [2.45, 2.75) is 20.8 Å². The lowest BCUT2D eigenvalue weighted by atomic mass is 9.93. The van der Waals surface area contributed by atoms with Gasteiger partial charge in [0.2, 0.25) is 5.91 Å². The van der Waals surface area contributed by atoms with Crippen LogP contribution in [-0.4, -0.2) is 22.6 Å². The van der Waals surface area contributed by atoms with Crippen molar-refractivity contribution < 1.29 is 4.79 Å². The molecule has 0 aliphatic heterocycles. The van der Waals surface area contributed by atoms with Crippen molar-refractivity contribution in [3.8, 4) is 0 Å². The van der Waals surface area contributed by atoms with Gasteiger partial charge in [0.1, 0.15) is 5.82 Å². The molecule has 0 aliphatic carbocycles. The lowest BCUT2D eigenvalue weighted by molar-refractivity contribution is -0.123. The maximum absolute atomic E-state index is 11.7. The number of nitrogens with two attached hydrogens (primary N) is 1. The lowest BCUT2D eigenvalue weighted by Crippen LogP contribution is -2.37. The molecule has 0 aromatic carbocycles. The Morgan fingerprint density at radius 3 is 2.79 bits per heavy atom. The third-order valence-electron chi connectivity index (χ3n) is 2.19. The van der Waals surface area contributed by atoms with E-state index >= 15 is 0 Å². The maximum atomic E-state index is 11.7. The van der Waals surface area contributed by atoms with Crippen LogP contribution in [0, 0.1) is 12.3 Å². The van der Waals surface area contributed by atoms with E-state index in [1.165, 1.54) is 0 Å². The van der Waals surface area contributed by atoms with Gasteiger partial charge in [-0.25, -0.2) is 0 Å². The zero-order valence-corrected chi connectivity index (χ0v) is 8.72. The smallest absolute Gasteiger partial charge is 0.232 e. The van der Waals surface area contributed by atoms with Crippen LogP contribution in [0.5, 0.6) is 0 Å². The van der Waals surface area contributed by atoms with E-state index in [1.807, 2.05) is 6.92 Å². The maximum Gasteiger partial charge on any atom is 0.232 e. The first kappa shape index (κ1) is 10.7. The summed E-state index contributed by atoms with van der Waals surface area (Å²) in [6.07, 6.45) is 1.66. The van der Waals surface area contributed by atoms with Crippen molar-refractivity contribution in [2.24, 2.45) is 11.1 Å². The van der Waals surface area contributed by atoms with Gasteiger partial charge in [-0.05, 0) is 20.8 Å². The van der Waals surface area contributed by atoms with Crippen molar-refractivity contribution in [2.75, 3.05) is 11.9 Å². The van der Waals surface area contributed by atoms with Gasteiger partial charge in [-0.3, -0.25) is 9.89 Å². The number of nitrogens with zero attached hydrogens (tertiary/aromatic N) is 1. The summed E-state index contributed by atoms with van der Waals surface area (Å²) in [5.41, 5.74) is 5.84. The molecule has 14 heavy (non-hydrogen) atoms. The van der Waals surface area contributed by atoms with Gasteiger partial charge in [-0.1, -0.05) is 0 Å². The van der Waals surface area contributed by atoms with Gasteiger partial charge in [0, 0.05) is 12.1 Å². The molecule has 1 aromatic heterocycles. The van der Waals surface area contributed by atoms with Gasteiger partial charge in [0.05, 0.1) is 11.6 Å². The Hall–Kier alpha value is -1.36. The molecule has 0 atom stereocenters. The zero-order chi connectivity index (χ0) is 10.8. The van der Waals surface area contributed by atoms with E-state index in [0.717, 1.165) is 5.56 Å². The molecular weight excluding hydrogens is 180 g/mol. The number of carbonyl (C=O) groups excluding carboxylic acids is 1. The average molecular weight is 196 g/mol. The topological polar surface area (TPSA) is 83.8 Å². The fourth-order valence-corrected chi connectivity index (χ4v) is 0.848. The van der Waals surface area contributed by atoms with Gasteiger partial charge in [0.25, 0.3) is 0 Å². The summed E-state index contributed by atoms with van der Waals surface area (Å²) < 4.78 is 0. The summed E-state index contributed by atoms with van der Waals surface area (Å²) in [6.45, 7) is 5.78. The van der Waals surface area contributed by atoms with Crippen LogP contribution in [0.1, 0.15) is 19.4 Å². The molecule has 1 rings (SSSR count). The Labute approximate surface area is 83.1 Å². The number of rotatable bonds is 3. The first-order valence-corrected chi connectivity index (χ1v) is 4.49. The monoisotopic (exact) mass is 196 g/mol. The highest BCUT2D eigenvalue weighted by molar-refractivity contribution is 5.94. The molecule has 0 aliphatic rings. The number of H-pyrrole nitrogens is 1. The molecule has 0 unspecified atom stereocenters. The molecule has 0 bridgehead atoms. The van der Waals surface area contributed by atoms with Crippen molar-refractivity contribution >= 4 is 11.7 Å². The first-order valence-electron chi connectivity index (χ1n) is 4.49. The Bertz CT molecular complexity index is 329. The van der Waals surface area contributed by atoms with E-state index in [0.29, 0.717) is 12.4 Å². The molecule has 5 nitrogen and oxygen atoms in total. The highest BCUT2D eigenvalue weighted by atomic mass is 16.2. The molecular formula is C9H16N4O. The second-order valence-corrected chi connectivity index (χ2v) is 3.97. The summed E-state index contributed by atoms with van der Waals surface area (Å²) in [5.74, 6) is 0.531. The van der Waals surface area contributed by atoms with Crippen LogP contribution in [0.3, 0.4) is 0 Å². The van der Waals surface area contributed by atoms with Crippen LogP contribution in [0.2, 0.25) is 0 Å². The highest BCUT2D eigenvalue weighted by Crippen LogP contribution is 2.17. The fourth-order valence-electron chi connectivity index (χ4n) is 0.848. The molecule has 0 saturated heterocycles. The summed E-state index contributed by atoms with van der Waals surface area (Å²) >= 11 is 0. The SMILES string of the molecule is Cc1cn[nH]c1NC(=O)C(C)(C)CN. The van der Waals surface area contributed by atoms with Gasteiger partial charge in [-0.2, -0.15) is 5.10 Å². The van der Waals surface area contributed by atoms with Gasteiger partial charge < -0.3 is 11.1 Å². The van der Waals surface area contributed by atoms with Crippen LogP contribution in [0.25, 0.3) is 0 Å². The van der Waals surface area contributed by atoms with Crippen molar-refractivity contribution in [1.29, 1.82) is 0 Å². The van der Waals surface area contributed by atoms with E-state index in [1.54, 1.807) is 20.0 Å². The largest absolute Gasteiger partial charge is 0.329 e. The number of aryl methyl sites for hydroxylation is 1. The molecule has 0 radical (unpaired) electrons. The summed E-state index contributed by atoms with van der Waals surface area (Å²) in [5, 5.41) is 9.27. The molecule has 4 N–H and O–H groups in total. The minimum atomic E-state index is -0.558. The number of carbonyl (C=O) groups is 1. The number of aromatic amines is 1. The Morgan fingerprint density at radius 1 is 1.71 bits per heavy atom. The van der Waals surface area contributed by atoms with Crippen LogP contribution in [-0.2, 0) is 4.79 Å². The van der Waals surface area contributed by atoms with E-state index in [9.17, 15) is 4.79 Å². The fraction of sp³-hybridized carbons (Fsp3) is 0.556. The second-order valence-electron chi connectivity index (χ2n) is 3.97. The zero-order valence-electron chi connectivity index (χ0n) is 8.72. The Kier molecular flexibility index (Phi) is 2.90. The van der Waals surface area contributed by atoms with Crippen LogP contribution >= 0.6 is 0 Å². The summed E-state index contributed by atoms with van der Waals surface area (Å²) in [6, 6.07) is 0. The molecule has 5 heteroatoms. The van der Waals surface area contributed by atoms with Crippen LogP contribution < -0.4 is 11.1 Å². The normalized spacial score (nSPS) is 11.4. The molecule has 1 aromatic rings. The number of amides is 1. The molecule has 0 fully saturated rings. The molecule has 1 heterocycles. The second kappa shape index (κ2) is 3.79. The molecule has 0 spiro atoms. The number of aromatic nitrogens is 2. The van der Waals surface area contributed by atoms with Crippen LogP contribution in [0.4, 0.5) is 5.82 Å². The van der Waals surface area contributed by atoms with Gasteiger partial charge in [0.15, 0.2) is 0 Å². The van der Waals surface area contributed by atoms with Crippen molar-refractivity contribution in [3.05, 3.63) is 11.8 Å².